The lowest BCUT2D eigenvalue weighted by Crippen LogP contribution is -2.47. The standard InChI is InChI=1S/C55H103N2O7P/c1-7-10-13-16-19-22-25-27-28-29-30-33-35-38-41-44-47-54(58)56-52(51-63-65(60,61)62-50-49-57(4,5)6)53(46-43-40-37-34-32-26-23-20-17-14-11-8-2)64-55(59)48-45-42-39-36-31-24-21-18-15-12-9-3/h10,13,19,22,27-28,43,46,52-53H,7-9,11-12,14-18,20-21,23-26,29-42,44-45,47-51H2,1-6H3,(H-,56,58,60,61)/b13-10+,22-19+,28-27+,46-43-. The predicted octanol–water partition coefficient (Wildman–Crippen LogP) is 15.1. The minimum absolute atomic E-state index is 0.0246. The maximum Gasteiger partial charge on any atom is 0.306 e. The van der Waals surface area contributed by atoms with Gasteiger partial charge in [0.1, 0.15) is 19.3 Å². The number of ether oxygens (including phenoxy) is 1. The van der Waals surface area contributed by atoms with Gasteiger partial charge in [-0.15, -0.1) is 0 Å². The van der Waals surface area contributed by atoms with Crippen LogP contribution >= 0.6 is 7.82 Å². The quantitative estimate of drug-likeness (QED) is 0.0212. The van der Waals surface area contributed by atoms with Gasteiger partial charge >= 0.3 is 5.97 Å². The first-order valence-electron chi connectivity index (χ1n) is 26.9. The van der Waals surface area contributed by atoms with Gasteiger partial charge in [0.2, 0.25) is 5.91 Å². The number of carbonyl (C=O) groups excluding carboxylic acids is 2. The lowest BCUT2D eigenvalue weighted by Gasteiger charge is -2.30. The number of allylic oxidation sites excluding steroid dienone is 7. The molecule has 0 aromatic carbocycles. The van der Waals surface area contributed by atoms with E-state index >= 15 is 0 Å². The van der Waals surface area contributed by atoms with Crippen molar-refractivity contribution in [2.45, 2.75) is 251 Å². The number of nitrogens with zero attached hydrogens (tertiary/aromatic N) is 1. The molecule has 380 valence electrons. The van der Waals surface area contributed by atoms with Crippen molar-refractivity contribution < 1.29 is 37.3 Å². The molecule has 65 heavy (non-hydrogen) atoms. The van der Waals surface area contributed by atoms with Gasteiger partial charge in [0.15, 0.2) is 0 Å². The van der Waals surface area contributed by atoms with Crippen molar-refractivity contribution >= 4 is 19.7 Å². The molecule has 0 aliphatic carbocycles. The van der Waals surface area contributed by atoms with Crippen LogP contribution in [0.2, 0.25) is 0 Å². The Bertz CT molecular complexity index is 1260. The molecule has 9 nitrogen and oxygen atoms in total. The number of esters is 1. The fourth-order valence-corrected chi connectivity index (χ4v) is 8.32. The molecule has 0 heterocycles. The molecule has 0 rings (SSSR count). The predicted molar refractivity (Wildman–Crippen MR) is 275 cm³/mol. The molecule has 3 atom stereocenters. The van der Waals surface area contributed by atoms with Crippen molar-refractivity contribution in [3.05, 3.63) is 48.6 Å². The summed E-state index contributed by atoms with van der Waals surface area (Å²) >= 11 is 0. The van der Waals surface area contributed by atoms with E-state index in [0.717, 1.165) is 103 Å². The fraction of sp³-hybridized carbons (Fsp3) is 0.818. The summed E-state index contributed by atoms with van der Waals surface area (Å²) < 4.78 is 30.1. The molecule has 0 aromatic heterocycles. The van der Waals surface area contributed by atoms with Gasteiger partial charge in [-0.1, -0.05) is 211 Å². The highest BCUT2D eigenvalue weighted by Crippen LogP contribution is 2.38. The SMILES string of the molecule is CC/C=C/C/C=C/C/C=C/CCCCCCCCC(=O)NC(COP(=O)([O-])OCC[N+](C)(C)C)C(/C=C\CCCCCCCCCCCC)OC(=O)CCCCCCCCCCCCC. The van der Waals surface area contributed by atoms with Crippen LogP contribution in [0.25, 0.3) is 0 Å². The van der Waals surface area contributed by atoms with Crippen molar-refractivity contribution in [1.82, 2.24) is 5.32 Å². The average Bonchev–Trinajstić information content (AvgIpc) is 3.26. The lowest BCUT2D eigenvalue weighted by molar-refractivity contribution is -0.870. The molecule has 1 amide bonds. The number of phosphoric ester groups is 1. The van der Waals surface area contributed by atoms with Crippen LogP contribution in [0.3, 0.4) is 0 Å². The Kier molecular flexibility index (Phi) is 44.3. The van der Waals surface area contributed by atoms with Gasteiger partial charge in [0.25, 0.3) is 7.82 Å². The largest absolute Gasteiger partial charge is 0.756 e. The number of rotatable bonds is 48. The lowest BCUT2D eigenvalue weighted by atomic mass is 10.0. The third kappa shape index (κ3) is 46.9. The molecule has 0 aliphatic rings. The Morgan fingerprint density at radius 2 is 0.985 bits per heavy atom. The van der Waals surface area contributed by atoms with Crippen molar-refractivity contribution in [3.8, 4) is 0 Å². The van der Waals surface area contributed by atoms with Crippen LogP contribution in [0.4, 0.5) is 0 Å². The maximum atomic E-state index is 13.4. The van der Waals surface area contributed by atoms with Crippen LogP contribution < -0.4 is 10.2 Å². The number of hydrogen-bond acceptors (Lipinski definition) is 7. The van der Waals surface area contributed by atoms with Crippen LogP contribution in [-0.4, -0.2) is 69.4 Å². The van der Waals surface area contributed by atoms with Gasteiger partial charge in [-0.25, -0.2) is 0 Å². The van der Waals surface area contributed by atoms with E-state index in [9.17, 15) is 19.0 Å². The Balaban J connectivity index is 5.40. The van der Waals surface area contributed by atoms with Gasteiger partial charge in [-0.3, -0.25) is 14.2 Å². The first-order chi connectivity index (χ1) is 31.4. The zero-order valence-corrected chi connectivity index (χ0v) is 44.1. The number of unbranched alkanes of at least 4 members (excludes halogenated alkanes) is 26. The summed E-state index contributed by atoms with van der Waals surface area (Å²) in [4.78, 5) is 39.7. The molecule has 0 fully saturated rings. The zero-order valence-electron chi connectivity index (χ0n) is 43.2. The highest BCUT2D eigenvalue weighted by Gasteiger charge is 2.27. The van der Waals surface area contributed by atoms with Crippen molar-refractivity contribution in [2.24, 2.45) is 0 Å². The zero-order chi connectivity index (χ0) is 48.0. The highest BCUT2D eigenvalue weighted by molar-refractivity contribution is 7.45. The molecule has 0 bridgehead atoms. The topological polar surface area (TPSA) is 114 Å². The average molecular weight is 935 g/mol. The van der Waals surface area contributed by atoms with Crippen molar-refractivity contribution in [1.29, 1.82) is 0 Å². The van der Waals surface area contributed by atoms with E-state index in [4.69, 9.17) is 13.8 Å². The van der Waals surface area contributed by atoms with Gasteiger partial charge in [-0.2, -0.15) is 0 Å². The first-order valence-corrected chi connectivity index (χ1v) is 28.4. The number of quaternary nitrogens is 1. The molecule has 0 aromatic rings. The third-order valence-corrected chi connectivity index (χ3v) is 12.7. The molecule has 0 radical (unpaired) electrons. The number of amides is 1. The smallest absolute Gasteiger partial charge is 0.306 e. The number of nitrogens with one attached hydrogen (secondary N) is 1. The van der Waals surface area contributed by atoms with E-state index < -0.39 is 26.6 Å². The van der Waals surface area contributed by atoms with Crippen molar-refractivity contribution in [2.75, 3.05) is 40.9 Å². The van der Waals surface area contributed by atoms with E-state index in [1.165, 1.54) is 103 Å². The molecule has 10 heteroatoms. The number of phosphoric acid groups is 1. The Labute approximate surface area is 401 Å². The summed E-state index contributed by atoms with van der Waals surface area (Å²) in [6.07, 6.45) is 53.5. The van der Waals surface area contributed by atoms with Crippen molar-refractivity contribution in [3.63, 3.8) is 0 Å². The molecule has 0 spiro atoms. The normalized spacial score (nSPS) is 14.3. The summed E-state index contributed by atoms with van der Waals surface area (Å²) in [6, 6.07) is -0.890. The number of likely N-dealkylation sites (N-methyl/N-ethyl adjacent to an activating group) is 1. The summed E-state index contributed by atoms with van der Waals surface area (Å²) in [5.41, 5.74) is 0. The van der Waals surface area contributed by atoms with Crippen LogP contribution in [-0.2, 0) is 27.9 Å². The minimum Gasteiger partial charge on any atom is -0.756 e. The molecule has 0 saturated carbocycles. The summed E-state index contributed by atoms with van der Waals surface area (Å²) in [6.45, 7) is 6.70. The summed E-state index contributed by atoms with van der Waals surface area (Å²) in [5.74, 6) is -0.554. The first kappa shape index (κ1) is 63.0. The van der Waals surface area contributed by atoms with Crippen LogP contribution in [0, 0.1) is 0 Å². The van der Waals surface area contributed by atoms with E-state index in [-0.39, 0.29) is 24.9 Å². The Hall–Kier alpha value is -2.03. The van der Waals surface area contributed by atoms with Gasteiger partial charge in [0, 0.05) is 12.8 Å². The fourth-order valence-electron chi connectivity index (χ4n) is 7.59. The molecule has 0 aliphatic heterocycles. The van der Waals surface area contributed by atoms with E-state index in [0.29, 0.717) is 17.4 Å². The maximum absolute atomic E-state index is 13.4. The molecule has 3 unspecified atom stereocenters. The van der Waals surface area contributed by atoms with Gasteiger partial charge in [0.05, 0.1) is 33.8 Å². The van der Waals surface area contributed by atoms with Crippen LogP contribution in [0.5, 0.6) is 0 Å². The highest BCUT2D eigenvalue weighted by atomic mass is 31.2. The summed E-state index contributed by atoms with van der Waals surface area (Å²) in [5, 5.41) is 3.01. The van der Waals surface area contributed by atoms with Crippen LogP contribution in [0.15, 0.2) is 48.6 Å². The van der Waals surface area contributed by atoms with Gasteiger partial charge in [-0.05, 0) is 63.9 Å². The number of carbonyl (C=O) groups is 2. The number of hydrogen-bond donors (Lipinski definition) is 1. The molecule has 0 saturated heterocycles. The van der Waals surface area contributed by atoms with E-state index in [2.05, 4.69) is 62.5 Å². The molecular formula is C55H103N2O7P. The monoisotopic (exact) mass is 935 g/mol. The van der Waals surface area contributed by atoms with Crippen LogP contribution in [0.1, 0.15) is 239 Å². The second-order valence-electron chi connectivity index (χ2n) is 19.4. The Morgan fingerprint density at radius 1 is 0.554 bits per heavy atom. The Morgan fingerprint density at radius 3 is 1.48 bits per heavy atom. The minimum atomic E-state index is -4.69. The second kappa shape index (κ2) is 45.7. The summed E-state index contributed by atoms with van der Waals surface area (Å²) in [7, 11) is 1.18. The third-order valence-electron chi connectivity index (χ3n) is 11.8. The van der Waals surface area contributed by atoms with E-state index in [1.807, 2.05) is 33.3 Å². The second-order valence-corrected chi connectivity index (χ2v) is 20.8. The molecular weight excluding hydrogens is 832 g/mol. The van der Waals surface area contributed by atoms with E-state index in [1.54, 1.807) is 0 Å². The molecule has 1 N–H and O–H groups in total. The van der Waals surface area contributed by atoms with Gasteiger partial charge < -0.3 is 28.5 Å².